The summed E-state index contributed by atoms with van der Waals surface area (Å²) in [5.41, 5.74) is 3.86. The van der Waals surface area contributed by atoms with Crippen LogP contribution >= 0.6 is 15.9 Å². The van der Waals surface area contributed by atoms with E-state index >= 15 is 0 Å². The quantitative estimate of drug-likeness (QED) is 0.788. The molecule has 3 rings (SSSR count). The molecule has 0 spiro atoms. The number of fused-ring (bicyclic) bond motifs is 3. The van der Waals surface area contributed by atoms with E-state index in [4.69, 9.17) is 5.11 Å². The van der Waals surface area contributed by atoms with Crippen LogP contribution in [0.15, 0.2) is 22.8 Å². The van der Waals surface area contributed by atoms with E-state index in [-0.39, 0.29) is 6.42 Å². The molecule has 0 aliphatic rings. The Morgan fingerprint density at radius 3 is 2.76 bits per heavy atom. The summed E-state index contributed by atoms with van der Waals surface area (Å²) in [6.07, 6.45) is -0.0357. The fraction of sp³-hybridized carbons (Fsp3) is 0.333. The summed E-state index contributed by atoms with van der Waals surface area (Å²) in [5, 5.41) is 9.03. The zero-order valence-electron chi connectivity index (χ0n) is 12.1. The van der Waals surface area contributed by atoms with Crippen molar-refractivity contribution in [2.75, 3.05) is 0 Å². The summed E-state index contributed by atoms with van der Waals surface area (Å²) in [5.74, 6) is 0.338. The number of aliphatic carboxylic acids is 1. The van der Waals surface area contributed by atoms with Gasteiger partial charge in [-0.1, -0.05) is 19.9 Å². The van der Waals surface area contributed by atoms with Gasteiger partial charge < -0.3 is 9.67 Å². The van der Waals surface area contributed by atoms with Gasteiger partial charge in [-0.2, -0.15) is 0 Å². The number of halogens is 1. The molecule has 0 bridgehead atoms. The monoisotopic (exact) mass is 349 g/mol. The van der Waals surface area contributed by atoms with E-state index < -0.39 is 5.97 Å². The van der Waals surface area contributed by atoms with E-state index in [0.717, 1.165) is 21.4 Å². The Balaban J connectivity index is 2.29. The van der Waals surface area contributed by atoms with Crippen LogP contribution in [0.1, 0.15) is 31.0 Å². The van der Waals surface area contributed by atoms with E-state index in [1.54, 1.807) is 0 Å². The SMILES string of the molecule is CC(C)c1ccc2c(c1)nc1n(C)c(CC(=O)O)c(Br)n21. The van der Waals surface area contributed by atoms with Crippen molar-refractivity contribution in [3.8, 4) is 0 Å². The molecule has 2 heterocycles. The fourth-order valence-electron chi connectivity index (χ4n) is 2.59. The van der Waals surface area contributed by atoms with Gasteiger partial charge in [-0.25, -0.2) is 4.98 Å². The van der Waals surface area contributed by atoms with Crippen LogP contribution in [0.4, 0.5) is 0 Å². The minimum absolute atomic E-state index is 0.0357. The molecule has 0 aliphatic heterocycles. The van der Waals surface area contributed by atoms with Crippen LogP contribution in [0, 0.1) is 0 Å². The highest BCUT2D eigenvalue weighted by molar-refractivity contribution is 9.10. The van der Waals surface area contributed by atoms with Gasteiger partial charge in [0.05, 0.1) is 23.1 Å². The number of carbonyl (C=O) groups is 1. The van der Waals surface area contributed by atoms with E-state index in [1.807, 2.05) is 22.1 Å². The lowest BCUT2D eigenvalue weighted by molar-refractivity contribution is -0.136. The maximum absolute atomic E-state index is 11.0. The Labute approximate surface area is 130 Å². The first kappa shape index (κ1) is 14.1. The highest BCUT2D eigenvalue weighted by atomic mass is 79.9. The zero-order valence-corrected chi connectivity index (χ0v) is 13.7. The Kier molecular flexibility index (Phi) is 3.28. The first-order valence-electron chi connectivity index (χ1n) is 6.77. The van der Waals surface area contributed by atoms with Crippen LogP contribution in [0.25, 0.3) is 16.8 Å². The summed E-state index contributed by atoms with van der Waals surface area (Å²) in [6.45, 7) is 4.30. The third-order valence-corrected chi connectivity index (χ3v) is 4.60. The molecule has 1 aromatic carbocycles. The third kappa shape index (κ3) is 2.14. The number of imidazole rings is 2. The van der Waals surface area contributed by atoms with E-state index in [2.05, 4.69) is 46.9 Å². The van der Waals surface area contributed by atoms with Gasteiger partial charge in [0.25, 0.3) is 0 Å². The Morgan fingerprint density at radius 2 is 2.14 bits per heavy atom. The highest BCUT2D eigenvalue weighted by Gasteiger charge is 2.19. The second-order valence-corrected chi connectivity index (χ2v) is 6.27. The molecule has 0 aliphatic carbocycles. The predicted octanol–water partition coefficient (Wildman–Crippen LogP) is 3.34. The van der Waals surface area contributed by atoms with Crippen LogP contribution in [0.2, 0.25) is 0 Å². The lowest BCUT2D eigenvalue weighted by Gasteiger charge is -2.04. The summed E-state index contributed by atoms with van der Waals surface area (Å²) < 4.78 is 4.53. The van der Waals surface area contributed by atoms with Gasteiger partial charge in [0.15, 0.2) is 0 Å². The number of rotatable bonds is 3. The van der Waals surface area contributed by atoms with Crippen molar-refractivity contribution in [3.63, 3.8) is 0 Å². The number of aromatic nitrogens is 3. The molecular weight excluding hydrogens is 334 g/mol. The van der Waals surface area contributed by atoms with Gasteiger partial charge in [-0.15, -0.1) is 0 Å². The molecule has 0 atom stereocenters. The first-order chi connectivity index (χ1) is 9.90. The molecule has 3 aromatic rings. The molecule has 21 heavy (non-hydrogen) atoms. The van der Waals surface area contributed by atoms with Crippen molar-refractivity contribution in [2.24, 2.45) is 7.05 Å². The third-order valence-electron chi connectivity index (χ3n) is 3.79. The van der Waals surface area contributed by atoms with Crippen molar-refractivity contribution in [1.29, 1.82) is 0 Å². The van der Waals surface area contributed by atoms with Crippen molar-refractivity contribution in [3.05, 3.63) is 34.1 Å². The molecule has 1 N–H and O–H groups in total. The van der Waals surface area contributed by atoms with Crippen molar-refractivity contribution >= 4 is 38.7 Å². The van der Waals surface area contributed by atoms with Crippen LogP contribution in [0.5, 0.6) is 0 Å². The lowest BCUT2D eigenvalue weighted by atomic mass is 10.0. The maximum Gasteiger partial charge on any atom is 0.309 e. The number of hydrogen-bond donors (Lipinski definition) is 1. The molecule has 0 unspecified atom stereocenters. The average molecular weight is 350 g/mol. The molecule has 0 amide bonds. The lowest BCUT2D eigenvalue weighted by Crippen LogP contribution is -2.06. The number of carboxylic acids is 1. The number of hydrogen-bond acceptors (Lipinski definition) is 2. The molecule has 0 radical (unpaired) electrons. The normalized spacial score (nSPS) is 11.9. The van der Waals surface area contributed by atoms with Gasteiger partial charge in [-0.05, 0) is 39.5 Å². The van der Waals surface area contributed by atoms with E-state index in [9.17, 15) is 4.79 Å². The van der Waals surface area contributed by atoms with Crippen LogP contribution in [-0.2, 0) is 18.3 Å². The topological polar surface area (TPSA) is 59.5 Å². The van der Waals surface area contributed by atoms with Gasteiger partial charge in [0.1, 0.15) is 4.60 Å². The molecular formula is C15H16BrN3O2. The van der Waals surface area contributed by atoms with Crippen LogP contribution in [-0.4, -0.2) is 25.0 Å². The largest absolute Gasteiger partial charge is 0.481 e. The molecule has 0 fully saturated rings. The molecule has 0 saturated carbocycles. The summed E-state index contributed by atoms with van der Waals surface area (Å²) in [4.78, 5) is 15.6. The van der Waals surface area contributed by atoms with Gasteiger partial charge in [0, 0.05) is 7.05 Å². The zero-order chi connectivity index (χ0) is 15.3. The maximum atomic E-state index is 11.0. The standard InChI is InChI=1S/C15H16BrN3O2/c1-8(2)9-4-5-11-10(6-9)17-15-18(3)12(7-13(20)21)14(16)19(11)15/h4-6,8H,7H2,1-3H3,(H,20,21). The Hall–Kier alpha value is -1.82. The molecule has 2 aromatic heterocycles. The van der Waals surface area contributed by atoms with E-state index in [1.165, 1.54) is 5.56 Å². The van der Waals surface area contributed by atoms with Crippen molar-refractivity contribution < 1.29 is 9.90 Å². The number of nitrogens with zero attached hydrogens (tertiary/aromatic N) is 3. The summed E-state index contributed by atoms with van der Waals surface area (Å²) in [7, 11) is 1.84. The van der Waals surface area contributed by atoms with Crippen molar-refractivity contribution in [2.45, 2.75) is 26.2 Å². The van der Waals surface area contributed by atoms with Crippen LogP contribution < -0.4 is 0 Å². The minimum Gasteiger partial charge on any atom is -0.481 e. The van der Waals surface area contributed by atoms with Gasteiger partial charge in [0.2, 0.25) is 5.78 Å². The number of aryl methyl sites for hydroxylation is 1. The van der Waals surface area contributed by atoms with Gasteiger partial charge in [-0.3, -0.25) is 9.20 Å². The smallest absolute Gasteiger partial charge is 0.309 e. The first-order valence-corrected chi connectivity index (χ1v) is 7.56. The Morgan fingerprint density at radius 1 is 1.43 bits per heavy atom. The molecule has 6 heteroatoms. The van der Waals surface area contributed by atoms with Gasteiger partial charge >= 0.3 is 5.97 Å². The van der Waals surface area contributed by atoms with E-state index in [0.29, 0.717) is 11.6 Å². The second kappa shape index (κ2) is 4.87. The highest BCUT2D eigenvalue weighted by Crippen LogP contribution is 2.29. The fourth-order valence-corrected chi connectivity index (χ4v) is 3.34. The number of carboxylic acid groups (broad SMARTS) is 1. The minimum atomic E-state index is -0.856. The molecule has 110 valence electrons. The second-order valence-electron chi connectivity index (χ2n) is 5.52. The summed E-state index contributed by atoms with van der Waals surface area (Å²) >= 11 is 3.52. The van der Waals surface area contributed by atoms with Crippen LogP contribution in [0.3, 0.4) is 0 Å². The predicted molar refractivity (Wildman–Crippen MR) is 84.8 cm³/mol. The number of benzene rings is 1. The molecule has 5 nitrogen and oxygen atoms in total. The molecule has 0 saturated heterocycles. The average Bonchev–Trinajstić information content (AvgIpc) is 2.89. The Bertz CT molecular complexity index is 861. The van der Waals surface area contributed by atoms with Crippen molar-refractivity contribution in [1.82, 2.24) is 14.0 Å². The summed E-state index contributed by atoms with van der Waals surface area (Å²) in [6, 6.07) is 6.23.